The van der Waals surface area contributed by atoms with Gasteiger partial charge in [-0.15, -0.1) is 0 Å². The molecule has 0 aliphatic rings. The minimum atomic E-state index is -3.70. The second kappa shape index (κ2) is 6.10. The summed E-state index contributed by atoms with van der Waals surface area (Å²) < 4.78 is 45.9. The molecule has 3 aromatic rings. The van der Waals surface area contributed by atoms with E-state index in [9.17, 15) is 12.8 Å². The Bertz CT molecular complexity index is 937. The number of rotatable bonds is 5. The molecule has 0 amide bonds. The highest BCUT2D eigenvalue weighted by Crippen LogP contribution is 2.21. The average Bonchev–Trinajstić information content (AvgIpc) is 2.90. The first-order valence-corrected chi connectivity index (χ1v) is 8.69. The molecular formula is C16H15FN2O3S. The van der Waals surface area contributed by atoms with Gasteiger partial charge in [-0.05, 0) is 25.1 Å². The van der Waals surface area contributed by atoms with E-state index in [-0.39, 0.29) is 5.75 Å². The molecule has 1 atom stereocenters. The highest BCUT2D eigenvalue weighted by atomic mass is 32.2. The van der Waals surface area contributed by atoms with Crippen LogP contribution in [0.4, 0.5) is 4.39 Å². The van der Waals surface area contributed by atoms with Crippen molar-refractivity contribution < 1.29 is 17.3 Å². The zero-order valence-corrected chi connectivity index (χ0v) is 13.2. The van der Waals surface area contributed by atoms with Crippen LogP contribution in [0.2, 0.25) is 0 Å². The van der Waals surface area contributed by atoms with Crippen molar-refractivity contribution in [3.63, 3.8) is 0 Å². The second-order valence-corrected chi connectivity index (χ2v) is 7.00. The van der Waals surface area contributed by atoms with Gasteiger partial charge in [0, 0.05) is 17.0 Å². The van der Waals surface area contributed by atoms with Crippen molar-refractivity contribution >= 4 is 21.0 Å². The number of hydrogen-bond donors (Lipinski definition) is 1. The van der Waals surface area contributed by atoms with Crippen molar-refractivity contribution in [2.24, 2.45) is 0 Å². The molecule has 0 aliphatic heterocycles. The molecule has 0 radical (unpaired) electrons. The lowest BCUT2D eigenvalue weighted by Gasteiger charge is -2.14. The molecule has 0 saturated heterocycles. The number of halogens is 1. The molecule has 120 valence electrons. The Morgan fingerprint density at radius 2 is 1.87 bits per heavy atom. The molecule has 23 heavy (non-hydrogen) atoms. The fourth-order valence-corrected chi connectivity index (χ4v) is 3.74. The maximum Gasteiger partial charge on any atom is 0.218 e. The van der Waals surface area contributed by atoms with Gasteiger partial charge in [-0.3, -0.25) is 0 Å². The normalized spacial score (nSPS) is 13.3. The van der Waals surface area contributed by atoms with Crippen LogP contribution in [0.25, 0.3) is 11.0 Å². The molecule has 0 spiro atoms. The van der Waals surface area contributed by atoms with Crippen LogP contribution < -0.4 is 4.72 Å². The quantitative estimate of drug-likeness (QED) is 0.778. The number of nitrogens with zero attached hydrogens (tertiary/aromatic N) is 1. The summed E-state index contributed by atoms with van der Waals surface area (Å²) in [6, 6.07) is 12.4. The summed E-state index contributed by atoms with van der Waals surface area (Å²) in [5, 5.41) is 4.46. The van der Waals surface area contributed by atoms with Crippen molar-refractivity contribution in [1.29, 1.82) is 0 Å². The number of sulfonamides is 1. The largest absolute Gasteiger partial charge is 0.356 e. The lowest BCUT2D eigenvalue weighted by atomic mass is 10.1. The Labute approximate surface area is 133 Å². The summed E-state index contributed by atoms with van der Waals surface area (Å²) in [4.78, 5) is 0. The number of fused-ring (bicyclic) bond motifs is 1. The first-order valence-electron chi connectivity index (χ1n) is 7.04. The van der Waals surface area contributed by atoms with Gasteiger partial charge in [-0.25, -0.2) is 17.5 Å². The van der Waals surface area contributed by atoms with Crippen LogP contribution in [0.1, 0.15) is 24.2 Å². The van der Waals surface area contributed by atoms with E-state index in [0.29, 0.717) is 22.2 Å². The number of hydrogen-bond acceptors (Lipinski definition) is 4. The SMILES string of the molecule is C[C@H](NS(=O)(=O)Cc1noc2ccccc12)c1ccccc1F. The third-order valence-electron chi connectivity index (χ3n) is 3.51. The molecule has 0 unspecified atom stereocenters. The van der Waals surface area contributed by atoms with Gasteiger partial charge in [-0.1, -0.05) is 35.5 Å². The first-order chi connectivity index (χ1) is 11.0. The van der Waals surface area contributed by atoms with Gasteiger partial charge in [0.15, 0.2) is 5.58 Å². The van der Waals surface area contributed by atoms with Gasteiger partial charge >= 0.3 is 0 Å². The molecule has 1 N–H and O–H groups in total. The van der Waals surface area contributed by atoms with E-state index in [4.69, 9.17) is 4.52 Å². The van der Waals surface area contributed by atoms with Crippen LogP contribution in [0.15, 0.2) is 53.1 Å². The number of nitrogens with one attached hydrogen (secondary N) is 1. The fourth-order valence-electron chi connectivity index (χ4n) is 2.42. The van der Waals surface area contributed by atoms with Gasteiger partial charge in [-0.2, -0.15) is 0 Å². The predicted octanol–water partition coefficient (Wildman–Crippen LogP) is 3.15. The fraction of sp³-hybridized carbons (Fsp3) is 0.188. The predicted molar refractivity (Wildman–Crippen MR) is 84.6 cm³/mol. The molecule has 1 aromatic heterocycles. The molecule has 3 rings (SSSR count). The van der Waals surface area contributed by atoms with Crippen LogP contribution >= 0.6 is 0 Å². The molecule has 5 nitrogen and oxygen atoms in total. The van der Waals surface area contributed by atoms with E-state index < -0.39 is 21.9 Å². The van der Waals surface area contributed by atoms with E-state index in [2.05, 4.69) is 9.88 Å². The van der Waals surface area contributed by atoms with E-state index in [0.717, 1.165) is 0 Å². The van der Waals surface area contributed by atoms with Gasteiger partial charge < -0.3 is 4.52 Å². The van der Waals surface area contributed by atoms with E-state index in [1.807, 2.05) is 0 Å². The third-order valence-corrected chi connectivity index (χ3v) is 4.87. The van der Waals surface area contributed by atoms with Crippen molar-refractivity contribution in [1.82, 2.24) is 9.88 Å². The molecule has 7 heteroatoms. The van der Waals surface area contributed by atoms with Crippen LogP contribution in [-0.4, -0.2) is 13.6 Å². The Morgan fingerprint density at radius 1 is 1.17 bits per heavy atom. The Kier molecular flexibility index (Phi) is 4.14. The van der Waals surface area contributed by atoms with Gasteiger partial charge in [0.1, 0.15) is 17.3 Å². The topological polar surface area (TPSA) is 72.2 Å². The summed E-state index contributed by atoms with van der Waals surface area (Å²) >= 11 is 0. The van der Waals surface area contributed by atoms with Crippen molar-refractivity contribution in [2.75, 3.05) is 0 Å². The average molecular weight is 334 g/mol. The van der Waals surface area contributed by atoms with Crippen molar-refractivity contribution in [3.05, 3.63) is 65.6 Å². The maximum absolute atomic E-state index is 13.7. The standard InChI is InChI=1S/C16H15FN2O3S/c1-11(12-6-2-4-8-14(12)17)19-23(20,21)10-15-13-7-3-5-9-16(13)22-18-15/h2-9,11,19H,10H2,1H3/t11-/m0/s1. The van der Waals surface area contributed by atoms with Crippen LogP contribution in [0.3, 0.4) is 0 Å². The van der Waals surface area contributed by atoms with Crippen LogP contribution in [-0.2, 0) is 15.8 Å². The van der Waals surface area contributed by atoms with Gasteiger partial charge in [0.25, 0.3) is 0 Å². The molecular weight excluding hydrogens is 319 g/mol. The summed E-state index contributed by atoms with van der Waals surface area (Å²) in [5.74, 6) is -0.780. The number of aromatic nitrogens is 1. The van der Waals surface area contributed by atoms with E-state index in [1.165, 1.54) is 6.07 Å². The molecule has 0 aliphatic carbocycles. The van der Waals surface area contributed by atoms with Crippen LogP contribution in [0, 0.1) is 5.82 Å². The Balaban J connectivity index is 1.81. The Hall–Kier alpha value is -2.25. The van der Waals surface area contributed by atoms with E-state index >= 15 is 0 Å². The zero-order valence-electron chi connectivity index (χ0n) is 12.4. The highest BCUT2D eigenvalue weighted by Gasteiger charge is 2.21. The van der Waals surface area contributed by atoms with E-state index in [1.54, 1.807) is 49.4 Å². The van der Waals surface area contributed by atoms with Crippen LogP contribution in [0.5, 0.6) is 0 Å². The summed E-state index contributed by atoms with van der Waals surface area (Å²) in [7, 11) is -3.70. The molecule has 0 fully saturated rings. The zero-order chi connectivity index (χ0) is 16.4. The van der Waals surface area contributed by atoms with Gasteiger partial charge in [0.2, 0.25) is 10.0 Å². The first kappa shape index (κ1) is 15.6. The highest BCUT2D eigenvalue weighted by molar-refractivity contribution is 7.88. The Morgan fingerprint density at radius 3 is 2.65 bits per heavy atom. The van der Waals surface area contributed by atoms with Gasteiger partial charge in [0.05, 0.1) is 0 Å². The summed E-state index contributed by atoms with van der Waals surface area (Å²) in [5.41, 5.74) is 1.15. The molecule has 1 heterocycles. The monoisotopic (exact) mass is 334 g/mol. The number of benzene rings is 2. The third kappa shape index (κ3) is 3.40. The molecule has 0 saturated carbocycles. The second-order valence-electron chi connectivity index (χ2n) is 5.25. The lowest BCUT2D eigenvalue weighted by molar-refractivity contribution is 0.448. The van der Waals surface area contributed by atoms with Crippen molar-refractivity contribution in [2.45, 2.75) is 18.7 Å². The number of para-hydroxylation sites is 1. The minimum Gasteiger partial charge on any atom is -0.356 e. The van der Waals surface area contributed by atoms with Crippen molar-refractivity contribution in [3.8, 4) is 0 Å². The smallest absolute Gasteiger partial charge is 0.218 e. The molecule has 0 bridgehead atoms. The molecule has 2 aromatic carbocycles. The summed E-state index contributed by atoms with van der Waals surface area (Å²) in [6.07, 6.45) is 0. The lowest BCUT2D eigenvalue weighted by Crippen LogP contribution is -2.28. The maximum atomic E-state index is 13.7. The minimum absolute atomic E-state index is 0.293. The summed E-state index contributed by atoms with van der Waals surface area (Å²) in [6.45, 7) is 1.59.